The van der Waals surface area contributed by atoms with Crippen LogP contribution in [0.3, 0.4) is 0 Å². The highest BCUT2D eigenvalue weighted by Gasteiger charge is 2.39. The number of nitrogens with one attached hydrogen (secondary N) is 5. The van der Waals surface area contributed by atoms with Gasteiger partial charge in [-0.1, -0.05) is 90.6 Å². The Balaban J connectivity index is 1.66. The standard InChI is InChI=1S/C36H54N6O8/c1-21(2)20-50-35(49)41-30(36(3,4)5)33(47)39-26(18-23-15-16-23)31(45)38-25(17-22-13-14-22)29(44)32(46)37-19-27(43)40-28(34(48)42(6)7)24-11-9-8-10-12-24/h8-12,21-23,25-26,28,30H,13-20H2,1-7H3,(H,37,46)(H,38,45)(H,39,47)(H,40,43)(H,41,49)/t25?,26?,28?,30-/m1/s1. The van der Waals surface area contributed by atoms with E-state index in [0.717, 1.165) is 25.7 Å². The molecule has 0 bridgehead atoms. The van der Waals surface area contributed by atoms with Gasteiger partial charge in [-0.2, -0.15) is 0 Å². The minimum Gasteiger partial charge on any atom is -0.449 e. The van der Waals surface area contributed by atoms with Gasteiger partial charge in [0.2, 0.25) is 29.4 Å². The maximum Gasteiger partial charge on any atom is 0.407 e. The third-order valence-corrected chi connectivity index (χ3v) is 8.50. The third kappa shape index (κ3) is 13.1. The lowest BCUT2D eigenvalue weighted by Crippen LogP contribution is -2.59. The first kappa shape index (κ1) is 39.9. The summed E-state index contributed by atoms with van der Waals surface area (Å²) >= 11 is 0. The monoisotopic (exact) mass is 698 g/mol. The Hall–Kier alpha value is -4.49. The molecule has 276 valence electrons. The number of amides is 6. The van der Waals surface area contributed by atoms with Gasteiger partial charge in [0.25, 0.3) is 5.91 Å². The molecular formula is C36H54N6O8. The molecule has 2 fully saturated rings. The minimum atomic E-state index is -1.17. The number of nitrogens with zero attached hydrogens (tertiary/aromatic N) is 1. The van der Waals surface area contributed by atoms with Crippen molar-refractivity contribution in [1.82, 2.24) is 31.5 Å². The van der Waals surface area contributed by atoms with Crippen molar-refractivity contribution in [3.8, 4) is 0 Å². The van der Waals surface area contributed by atoms with E-state index < -0.39 is 71.6 Å². The molecule has 0 spiro atoms. The Labute approximate surface area is 294 Å². The number of ketones is 1. The van der Waals surface area contributed by atoms with E-state index in [9.17, 15) is 33.6 Å². The maximum atomic E-state index is 13.7. The number of hydrogen-bond donors (Lipinski definition) is 5. The van der Waals surface area contributed by atoms with Gasteiger partial charge in [-0.3, -0.25) is 28.8 Å². The van der Waals surface area contributed by atoms with E-state index in [1.165, 1.54) is 4.90 Å². The number of hydrogen-bond acceptors (Lipinski definition) is 8. The van der Waals surface area contributed by atoms with Crippen LogP contribution in [0.1, 0.15) is 84.7 Å². The van der Waals surface area contributed by atoms with Crippen LogP contribution in [0.4, 0.5) is 4.79 Å². The summed E-state index contributed by atoms with van der Waals surface area (Å²) in [6.07, 6.45) is 3.29. The lowest BCUT2D eigenvalue weighted by atomic mass is 9.86. The second-order valence-corrected chi connectivity index (χ2v) is 15.1. The molecule has 0 aliphatic heterocycles. The van der Waals surface area contributed by atoms with Crippen molar-refractivity contribution >= 4 is 41.4 Å². The molecule has 1 aromatic carbocycles. The summed E-state index contributed by atoms with van der Waals surface area (Å²) in [5, 5.41) is 13.0. The van der Waals surface area contributed by atoms with Crippen LogP contribution in [0, 0.1) is 23.2 Å². The number of ether oxygens (including phenoxy) is 1. The predicted octanol–water partition coefficient (Wildman–Crippen LogP) is 1.98. The van der Waals surface area contributed by atoms with Gasteiger partial charge in [-0.25, -0.2) is 4.79 Å². The molecule has 0 heterocycles. The van der Waals surface area contributed by atoms with Crippen molar-refractivity contribution in [2.75, 3.05) is 27.2 Å². The second-order valence-electron chi connectivity index (χ2n) is 15.1. The number of likely N-dealkylation sites (N-methyl/N-ethyl adjacent to an activating group) is 1. The summed E-state index contributed by atoms with van der Waals surface area (Å²) in [6.45, 7) is 8.73. The molecule has 4 atom stereocenters. The van der Waals surface area contributed by atoms with E-state index in [1.807, 2.05) is 13.8 Å². The Kier molecular flexibility index (Phi) is 14.3. The van der Waals surface area contributed by atoms with Gasteiger partial charge in [0, 0.05) is 14.1 Å². The first-order valence-electron chi connectivity index (χ1n) is 17.4. The summed E-state index contributed by atoms with van der Waals surface area (Å²) in [7, 11) is 3.12. The first-order chi connectivity index (χ1) is 23.5. The lowest BCUT2D eigenvalue weighted by molar-refractivity contribution is -0.141. The zero-order valence-corrected chi connectivity index (χ0v) is 30.3. The molecule has 1 aromatic rings. The van der Waals surface area contributed by atoms with Gasteiger partial charge in [0.1, 0.15) is 18.1 Å². The molecule has 5 N–H and O–H groups in total. The highest BCUT2D eigenvalue weighted by atomic mass is 16.5. The van der Waals surface area contributed by atoms with E-state index in [4.69, 9.17) is 4.74 Å². The third-order valence-electron chi connectivity index (χ3n) is 8.50. The minimum absolute atomic E-state index is 0.102. The van der Waals surface area contributed by atoms with E-state index >= 15 is 0 Å². The number of carbonyl (C=O) groups excluding carboxylic acids is 7. The van der Waals surface area contributed by atoms with Crippen LogP contribution in [0.5, 0.6) is 0 Å². The first-order valence-corrected chi connectivity index (χ1v) is 17.4. The number of benzene rings is 1. The van der Waals surface area contributed by atoms with E-state index in [2.05, 4.69) is 26.6 Å². The van der Waals surface area contributed by atoms with Crippen LogP contribution in [-0.2, 0) is 33.5 Å². The summed E-state index contributed by atoms with van der Waals surface area (Å²) < 4.78 is 5.22. The quantitative estimate of drug-likeness (QED) is 0.144. The molecule has 14 nitrogen and oxygen atoms in total. The highest BCUT2D eigenvalue weighted by molar-refractivity contribution is 6.38. The Morgan fingerprint density at radius 3 is 1.88 bits per heavy atom. The van der Waals surface area contributed by atoms with E-state index in [1.54, 1.807) is 65.2 Å². The largest absolute Gasteiger partial charge is 0.449 e. The SMILES string of the molecule is CC(C)COC(=O)N[C@H](C(=O)NC(CC1CC1)C(=O)NC(CC1CC1)C(=O)C(=O)NCC(=O)NC(C(=O)N(C)C)c1ccccc1)C(C)(C)C. The van der Waals surface area contributed by atoms with E-state index in [0.29, 0.717) is 12.0 Å². The fourth-order valence-electron chi connectivity index (χ4n) is 5.25. The second kappa shape index (κ2) is 18.0. The Morgan fingerprint density at radius 1 is 0.800 bits per heavy atom. The molecule has 0 aromatic heterocycles. The normalized spacial score (nSPS) is 16.6. The molecule has 0 saturated heterocycles. The number of carbonyl (C=O) groups is 7. The van der Waals surface area contributed by atoms with Gasteiger partial charge >= 0.3 is 6.09 Å². The van der Waals surface area contributed by atoms with Crippen molar-refractivity contribution in [1.29, 1.82) is 0 Å². The molecular weight excluding hydrogens is 644 g/mol. The molecule has 2 saturated carbocycles. The van der Waals surface area contributed by atoms with Crippen molar-refractivity contribution in [2.45, 2.75) is 97.3 Å². The van der Waals surface area contributed by atoms with Crippen LogP contribution in [0.15, 0.2) is 30.3 Å². The molecule has 2 aliphatic carbocycles. The fourth-order valence-corrected chi connectivity index (χ4v) is 5.25. The van der Waals surface area contributed by atoms with Crippen LogP contribution in [-0.4, -0.2) is 91.7 Å². The van der Waals surface area contributed by atoms with Gasteiger partial charge < -0.3 is 36.2 Å². The smallest absolute Gasteiger partial charge is 0.407 e. The number of alkyl carbamates (subject to hydrolysis) is 1. The summed E-state index contributed by atoms with van der Waals surface area (Å²) in [5.41, 5.74) is -0.172. The molecule has 0 radical (unpaired) electrons. The highest BCUT2D eigenvalue weighted by Crippen LogP contribution is 2.35. The average Bonchev–Trinajstić information content (AvgIpc) is 4.00. The van der Waals surface area contributed by atoms with E-state index in [-0.39, 0.29) is 36.7 Å². The van der Waals surface area contributed by atoms with Crippen molar-refractivity contribution in [3.63, 3.8) is 0 Å². The fraction of sp³-hybridized carbons (Fsp3) is 0.639. The molecule has 3 unspecified atom stereocenters. The molecule has 3 rings (SSSR count). The maximum absolute atomic E-state index is 13.7. The van der Waals surface area contributed by atoms with Crippen LogP contribution >= 0.6 is 0 Å². The van der Waals surface area contributed by atoms with Crippen LogP contribution < -0.4 is 26.6 Å². The van der Waals surface area contributed by atoms with Gasteiger partial charge in [-0.15, -0.1) is 0 Å². The van der Waals surface area contributed by atoms with Crippen LogP contribution in [0.2, 0.25) is 0 Å². The summed E-state index contributed by atoms with van der Waals surface area (Å²) in [5.74, 6) is -3.75. The average molecular weight is 699 g/mol. The van der Waals surface area contributed by atoms with Gasteiger partial charge in [0.15, 0.2) is 0 Å². The molecule has 50 heavy (non-hydrogen) atoms. The van der Waals surface area contributed by atoms with Crippen molar-refractivity contribution in [2.24, 2.45) is 23.2 Å². The number of Topliss-reactive ketones (excluding diaryl/α,β-unsaturated/α-hetero) is 1. The van der Waals surface area contributed by atoms with Crippen LogP contribution in [0.25, 0.3) is 0 Å². The van der Waals surface area contributed by atoms with Gasteiger partial charge in [-0.05, 0) is 41.6 Å². The zero-order chi connectivity index (χ0) is 37.2. The van der Waals surface area contributed by atoms with Crippen molar-refractivity contribution in [3.05, 3.63) is 35.9 Å². The lowest BCUT2D eigenvalue weighted by Gasteiger charge is -2.32. The van der Waals surface area contributed by atoms with Gasteiger partial charge in [0.05, 0.1) is 19.2 Å². The Bertz CT molecular complexity index is 1380. The predicted molar refractivity (Wildman–Crippen MR) is 185 cm³/mol. The topological polar surface area (TPSA) is 192 Å². The number of rotatable bonds is 18. The molecule has 6 amide bonds. The molecule has 14 heteroatoms. The Morgan fingerprint density at radius 2 is 1.36 bits per heavy atom. The zero-order valence-electron chi connectivity index (χ0n) is 30.3. The molecule has 2 aliphatic rings. The summed E-state index contributed by atoms with van der Waals surface area (Å²) in [4.78, 5) is 93.0. The van der Waals surface area contributed by atoms with Crippen molar-refractivity contribution < 1.29 is 38.3 Å². The summed E-state index contributed by atoms with van der Waals surface area (Å²) in [6, 6.07) is 4.43.